The molecule has 0 aliphatic heterocycles. The smallest absolute Gasteiger partial charge is 0.347 e. The Morgan fingerprint density at radius 3 is 2.40 bits per heavy atom. The average molecular weight is 157 g/mol. The fourth-order valence-corrected chi connectivity index (χ4v) is 1.34. The largest absolute Gasteiger partial charge is 0.477 e. The van der Waals surface area contributed by atoms with Gasteiger partial charge in [-0.05, 0) is 30.9 Å². The van der Waals surface area contributed by atoms with E-state index >= 15 is 0 Å². The van der Waals surface area contributed by atoms with Crippen molar-refractivity contribution >= 4 is 17.5 Å². The normalized spacial score (nSPS) is 9.80. The highest BCUT2D eigenvalue weighted by Crippen LogP contribution is 2.16. The average Bonchev–Trinajstić information content (AvgIpc) is 2.14. The molecule has 0 atom stereocenters. The van der Waals surface area contributed by atoms with E-state index in [0.717, 1.165) is 22.8 Å². The molecule has 1 rings (SSSR count). The van der Waals surface area contributed by atoms with E-state index in [9.17, 15) is 4.79 Å². The Balaban J connectivity index is 3.17. The molecule has 0 saturated carbocycles. The molecule has 1 aromatic rings. The van der Waals surface area contributed by atoms with Crippen molar-refractivity contribution in [1.82, 2.24) is 4.37 Å². The molecule has 0 amide bonds. The van der Waals surface area contributed by atoms with Crippen LogP contribution in [0.15, 0.2) is 0 Å². The van der Waals surface area contributed by atoms with Crippen LogP contribution >= 0.6 is 11.5 Å². The van der Waals surface area contributed by atoms with Gasteiger partial charge < -0.3 is 5.11 Å². The molecule has 0 radical (unpaired) electrons. The SMILES string of the molecule is Cc1nsc(C(=O)O)c1C. The van der Waals surface area contributed by atoms with Gasteiger partial charge in [-0.2, -0.15) is 4.37 Å². The summed E-state index contributed by atoms with van der Waals surface area (Å²) in [4.78, 5) is 10.8. The molecule has 10 heavy (non-hydrogen) atoms. The van der Waals surface area contributed by atoms with E-state index in [1.54, 1.807) is 13.8 Å². The number of carboxylic acid groups (broad SMARTS) is 1. The summed E-state index contributed by atoms with van der Waals surface area (Å²) in [6.07, 6.45) is 0. The highest BCUT2D eigenvalue weighted by molar-refractivity contribution is 7.08. The molecule has 1 N–H and O–H groups in total. The Labute approximate surface area is 62.5 Å². The molecule has 0 bridgehead atoms. The minimum absolute atomic E-state index is 0.345. The zero-order valence-corrected chi connectivity index (χ0v) is 6.53. The van der Waals surface area contributed by atoms with Gasteiger partial charge in [0, 0.05) is 0 Å². The number of rotatable bonds is 1. The predicted octanol–water partition coefficient (Wildman–Crippen LogP) is 1.46. The first kappa shape index (κ1) is 7.21. The molecule has 0 aliphatic rings. The second-order valence-corrected chi connectivity index (χ2v) is 2.80. The summed E-state index contributed by atoms with van der Waals surface area (Å²) < 4.78 is 3.90. The predicted molar refractivity (Wildman–Crippen MR) is 38.5 cm³/mol. The number of nitrogens with zero attached hydrogens (tertiary/aromatic N) is 1. The van der Waals surface area contributed by atoms with Gasteiger partial charge in [0.15, 0.2) is 0 Å². The number of carboxylic acids is 1. The molecular formula is C6H7NO2S. The Bertz CT molecular complexity index is 267. The van der Waals surface area contributed by atoms with Crippen LogP contribution in [0.5, 0.6) is 0 Å². The van der Waals surface area contributed by atoms with Crippen molar-refractivity contribution in [1.29, 1.82) is 0 Å². The summed E-state index contributed by atoms with van der Waals surface area (Å²) in [5.74, 6) is -0.886. The van der Waals surface area contributed by atoms with Gasteiger partial charge in [0.1, 0.15) is 4.88 Å². The summed E-state index contributed by atoms with van der Waals surface area (Å²) >= 11 is 1.03. The second-order valence-electron chi connectivity index (χ2n) is 2.03. The van der Waals surface area contributed by atoms with Crippen molar-refractivity contribution in [2.45, 2.75) is 13.8 Å². The van der Waals surface area contributed by atoms with E-state index in [2.05, 4.69) is 4.37 Å². The van der Waals surface area contributed by atoms with Gasteiger partial charge in [-0.25, -0.2) is 4.79 Å². The summed E-state index contributed by atoms with van der Waals surface area (Å²) in [6.45, 7) is 3.57. The monoisotopic (exact) mass is 157 g/mol. The lowest BCUT2D eigenvalue weighted by molar-refractivity contribution is 0.0701. The van der Waals surface area contributed by atoms with Crippen LogP contribution in [0.4, 0.5) is 0 Å². The molecule has 0 aliphatic carbocycles. The zero-order valence-electron chi connectivity index (χ0n) is 5.71. The van der Waals surface area contributed by atoms with Gasteiger partial charge in [-0.1, -0.05) is 0 Å². The third-order valence-corrected chi connectivity index (χ3v) is 2.38. The van der Waals surface area contributed by atoms with Crippen LogP contribution in [-0.2, 0) is 0 Å². The van der Waals surface area contributed by atoms with Crippen molar-refractivity contribution in [2.24, 2.45) is 0 Å². The van der Waals surface area contributed by atoms with Crippen molar-refractivity contribution in [3.63, 3.8) is 0 Å². The molecule has 0 aromatic carbocycles. The Morgan fingerprint density at radius 2 is 2.20 bits per heavy atom. The molecular weight excluding hydrogens is 150 g/mol. The lowest BCUT2D eigenvalue weighted by Gasteiger charge is -1.87. The topological polar surface area (TPSA) is 50.2 Å². The van der Waals surface area contributed by atoms with Crippen LogP contribution in [0.3, 0.4) is 0 Å². The van der Waals surface area contributed by atoms with Gasteiger partial charge >= 0.3 is 5.97 Å². The number of hydrogen-bond acceptors (Lipinski definition) is 3. The first-order valence-electron chi connectivity index (χ1n) is 2.79. The van der Waals surface area contributed by atoms with Gasteiger partial charge in [-0.3, -0.25) is 0 Å². The minimum Gasteiger partial charge on any atom is -0.477 e. The second kappa shape index (κ2) is 2.38. The molecule has 3 nitrogen and oxygen atoms in total. The Morgan fingerprint density at radius 1 is 1.60 bits per heavy atom. The quantitative estimate of drug-likeness (QED) is 0.671. The Hall–Kier alpha value is -0.900. The fraction of sp³-hybridized carbons (Fsp3) is 0.333. The zero-order chi connectivity index (χ0) is 7.72. The van der Waals surface area contributed by atoms with E-state index < -0.39 is 5.97 Å². The van der Waals surface area contributed by atoms with Gasteiger partial charge in [0.2, 0.25) is 0 Å². The molecule has 1 heterocycles. The minimum atomic E-state index is -0.886. The maximum Gasteiger partial charge on any atom is 0.347 e. The van der Waals surface area contributed by atoms with E-state index in [4.69, 9.17) is 5.11 Å². The summed E-state index contributed by atoms with van der Waals surface area (Å²) in [7, 11) is 0. The fourth-order valence-electron chi connectivity index (χ4n) is 0.615. The van der Waals surface area contributed by atoms with Crippen LogP contribution in [0.25, 0.3) is 0 Å². The van der Waals surface area contributed by atoms with E-state index in [1.165, 1.54) is 0 Å². The van der Waals surface area contributed by atoms with E-state index in [0.29, 0.717) is 4.88 Å². The summed E-state index contributed by atoms with van der Waals surface area (Å²) in [6, 6.07) is 0. The number of hydrogen-bond donors (Lipinski definition) is 1. The Kier molecular flexibility index (Phi) is 1.72. The van der Waals surface area contributed by atoms with Crippen LogP contribution < -0.4 is 0 Å². The van der Waals surface area contributed by atoms with Crippen LogP contribution in [-0.4, -0.2) is 15.4 Å². The number of carbonyl (C=O) groups is 1. The number of aromatic nitrogens is 1. The van der Waals surface area contributed by atoms with Gasteiger partial charge in [0.05, 0.1) is 5.69 Å². The maximum atomic E-state index is 10.4. The first-order chi connectivity index (χ1) is 4.63. The molecule has 1 aromatic heterocycles. The van der Waals surface area contributed by atoms with Crippen LogP contribution in [0.1, 0.15) is 20.9 Å². The molecule has 0 fully saturated rings. The highest BCUT2D eigenvalue weighted by Gasteiger charge is 2.11. The lowest BCUT2D eigenvalue weighted by atomic mass is 10.2. The maximum absolute atomic E-state index is 10.4. The van der Waals surface area contributed by atoms with Crippen molar-refractivity contribution in [2.75, 3.05) is 0 Å². The van der Waals surface area contributed by atoms with Crippen molar-refractivity contribution in [3.05, 3.63) is 16.1 Å². The first-order valence-corrected chi connectivity index (χ1v) is 3.56. The molecule has 0 saturated heterocycles. The molecule has 54 valence electrons. The molecule has 0 unspecified atom stereocenters. The van der Waals surface area contributed by atoms with E-state index in [-0.39, 0.29) is 0 Å². The highest BCUT2D eigenvalue weighted by atomic mass is 32.1. The number of aromatic carboxylic acids is 1. The van der Waals surface area contributed by atoms with Gasteiger partial charge in [0.25, 0.3) is 0 Å². The van der Waals surface area contributed by atoms with Crippen LogP contribution in [0, 0.1) is 13.8 Å². The standard InChI is InChI=1S/C6H7NO2S/c1-3-4(2)7-10-5(3)6(8)9/h1-2H3,(H,8,9). The van der Waals surface area contributed by atoms with Gasteiger partial charge in [-0.15, -0.1) is 0 Å². The third-order valence-electron chi connectivity index (χ3n) is 1.35. The molecule has 4 heteroatoms. The third kappa shape index (κ3) is 1.02. The van der Waals surface area contributed by atoms with Crippen molar-refractivity contribution in [3.8, 4) is 0 Å². The van der Waals surface area contributed by atoms with Crippen LogP contribution in [0.2, 0.25) is 0 Å². The van der Waals surface area contributed by atoms with E-state index in [1.807, 2.05) is 0 Å². The van der Waals surface area contributed by atoms with Crippen molar-refractivity contribution < 1.29 is 9.90 Å². The lowest BCUT2D eigenvalue weighted by Crippen LogP contribution is -1.94. The number of aryl methyl sites for hydroxylation is 1. The summed E-state index contributed by atoms with van der Waals surface area (Å²) in [5.41, 5.74) is 1.58. The summed E-state index contributed by atoms with van der Waals surface area (Å²) in [5, 5.41) is 8.55. The molecule has 0 spiro atoms.